The highest BCUT2D eigenvalue weighted by Crippen LogP contribution is 2.23. The van der Waals surface area contributed by atoms with Gasteiger partial charge in [-0.2, -0.15) is 0 Å². The maximum Gasteiger partial charge on any atom is 0.123 e. The molecule has 0 aliphatic carbocycles. The molecule has 2 rings (SSSR count). The molecular formula is C17H21FN2. The van der Waals surface area contributed by atoms with Gasteiger partial charge in [-0.15, -0.1) is 0 Å². The van der Waals surface area contributed by atoms with Crippen molar-refractivity contribution >= 4 is 0 Å². The quantitative estimate of drug-likeness (QED) is 0.904. The van der Waals surface area contributed by atoms with Gasteiger partial charge in [0, 0.05) is 18.6 Å². The molecule has 0 aliphatic heterocycles. The van der Waals surface area contributed by atoms with E-state index in [1.807, 2.05) is 44.3 Å². The van der Waals surface area contributed by atoms with Crippen LogP contribution in [-0.2, 0) is 6.54 Å². The Morgan fingerprint density at radius 3 is 2.20 bits per heavy atom. The molecule has 0 bridgehead atoms. The molecule has 0 saturated carbocycles. The van der Waals surface area contributed by atoms with E-state index in [-0.39, 0.29) is 17.9 Å². The molecular weight excluding hydrogens is 251 g/mol. The zero-order chi connectivity index (χ0) is 14.5. The van der Waals surface area contributed by atoms with Crippen molar-refractivity contribution in [3.63, 3.8) is 0 Å². The minimum absolute atomic E-state index is 0.0165. The number of rotatable bonds is 5. The normalized spacial score (nSPS) is 14.2. The second-order valence-electron chi connectivity index (χ2n) is 5.26. The Hall–Kier alpha value is -1.71. The van der Waals surface area contributed by atoms with Gasteiger partial charge in [-0.05, 0) is 37.2 Å². The van der Waals surface area contributed by atoms with Gasteiger partial charge in [0.15, 0.2) is 0 Å². The van der Waals surface area contributed by atoms with E-state index in [1.54, 1.807) is 0 Å². The van der Waals surface area contributed by atoms with E-state index < -0.39 is 0 Å². The van der Waals surface area contributed by atoms with Crippen molar-refractivity contribution in [1.82, 2.24) is 4.90 Å². The van der Waals surface area contributed by atoms with Crippen LogP contribution in [-0.4, -0.2) is 18.0 Å². The van der Waals surface area contributed by atoms with Crippen LogP contribution in [0.3, 0.4) is 0 Å². The van der Waals surface area contributed by atoms with Crippen LogP contribution in [0.4, 0.5) is 4.39 Å². The van der Waals surface area contributed by atoms with Gasteiger partial charge in [0.05, 0.1) is 0 Å². The Morgan fingerprint density at radius 2 is 1.65 bits per heavy atom. The molecule has 0 saturated heterocycles. The lowest BCUT2D eigenvalue weighted by molar-refractivity contribution is 0.211. The highest BCUT2D eigenvalue weighted by molar-refractivity contribution is 5.22. The average molecular weight is 272 g/mol. The third-order valence-corrected chi connectivity index (χ3v) is 3.46. The van der Waals surface area contributed by atoms with Gasteiger partial charge in [0.1, 0.15) is 5.82 Å². The van der Waals surface area contributed by atoms with Gasteiger partial charge in [0.2, 0.25) is 0 Å². The number of nitrogens with two attached hydrogens (primary N) is 1. The number of benzene rings is 2. The van der Waals surface area contributed by atoms with Crippen LogP contribution >= 0.6 is 0 Å². The first-order chi connectivity index (χ1) is 9.58. The minimum atomic E-state index is -0.205. The van der Waals surface area contributed by atoms with Crippen LogP contribution in [0.15, 0.2) is 54.6 Å². The molecule has 2 aromatic carbocycles. The van der Waals surface area contributed by atoms with Crippen molar-refractivity contribution in [2.45, 2.75) is 25.6 Å². The monoisotopic (exact) mass is 272 g/mol. The van der Waals surface area contributed by atoms with Crippen molar-refractivity contribution in [3.8, 4) is 0 Å². The summed E-state index contributed by atoms with van der Waals surface area (Å²) >= 11 is 0. The fraction of sp³-hybridized carbons (Fsp3) is 0.294. The smallest absolute Gasteiger partial charge is 0.123 e. The molecule has 2 aromatic rings. The average Bonchev–Trinajstić information content (AvgIpc) is 2.42. The summed E-state index contributed by atoms with van der Waals surface area (Å²) < 4.78 is 12.9. The van der Waals surface area contributed by atoms with Crippen LogP contribution in [0.5, 0.6) is 0 Å². The first-order valence-corrected chi connectivity index (χ1v) is 6.83. The molecule has 106 valence electrons. The Kier molecular flexibility index (Phi) is 4.88. The molecule has 0 aromatic heterocycles. The zero-order valence-electron chi connectivity index (χ0n) is 12.0. The fourth-order valence-electron chi connectivity index (χ4n) is 2.59. The highest BCUT2D eigenvalue weighted by atomic mass is 19.1. The fourth-order valence-corrected chi connectivity index (χ4v) is 2.59. The summed E-state index contributed by atoms with van der Waals surface area (Å²) in [5, 5.41) is 0. The van der Waals surface area contributed by atoms with E-state index in [2.05, 4.69) is 17.0 Å². The lowest BCUT2D eigenvalue weighted by atomic mass is 9.99. The molecule has 0 fully saturated rings. The second-order valence-corrected chi connectivity index (χ2v) is 5.26. The maximum atomic E-state index is 12.9. The van der Waals surface area contributed by atoms with E-state index in [4.69, 9.17) is 5.73 Å². The summed E-state index contributed by atoms with van der Waals surface area (Å²) in [6.07, 6.45) is 0. The molecule has 2 N–H and O–H groups in total. The maximum absolute atomic E-state index is 12.9. The third kappa shape index (κ3) is 3.65. The Balaban J connectivity index is 2.15. The lowest BCUT2D eigenvalue weighted by Gasteiger charge is -2.31. The standard InChI is InChI=1S/C17H21FN2/c1-13(19)17(15-6-4-3-5-7-15)20(2)12-14-8-10-16(18)11-9-14/h3-11,13,17H,12,19H2,1-2H3. The largest absolute Gasteiger partial charge is 0.326 e. The summed E-state index contributed by atoms with van der Waals surface area (Å²) in [5.74, 6) is -0.205. The third-order valence-electron chi connectivity index (χ3n) is 3.46. The van der Waals surface area contributed by atoms with Crippen molar-refractivity contribution in [1.29, 1.82) is 0 Å². The number of hydrogen-bond acceptors (Lipinski definition) is 2. The van der Waals surface area contributed by atoms with Crippen molar-refractivity contribution < 1.29 is 4.39 Å². The van der Waals surface area contributed by atoms with Gasteiger partial charge in [-0.25, -0.2) is 4.39 Å². The van der Waals surface area contributed by atoms with E-state index >= 15 is 0 Å². The predicted octanol–water partition coefficient (Wildman–Crippen LogP) is 3.35. The highest BCUT2D eigenvalue weighted by Gasteiger charge is 2.20. The van der Waals surface area contributed by atoms with Crippen LogP contribution in [0.2, 0.25) is 0 Å². The van der Waals surface area contributed by atoms with Crippen LogP contribution in [0, 0.1) is 5.82 Å². The number of likely N-dealkylation sites (N-methyl/N-ethyl adjacent to an activating group) is 1. The van der Waals surface area contributed by atoms with E-state index in [0.717, 1.165) is 12.1 Å². The molecule has 0 amide bonds. The zero-order valence-corrected chi connectivity index (χ0v) is 12.0. The van der Waals surface area contributed by atoms with Crippen molar-refractivity contribution in [3.05, 3.63) is 71.5 Å². The first-order valence-electron chi connectivity index (χ1n) is 6.83. The topological polar surface area (TPSA) is 29.3 Å². The molecule has 0 heterocycles. The number of hydrogen-bond donors (Lipinski definition) is 1. The second kappa shape index (κ2) is 6.64. The summed E-state index contributed by atoms with van der Waals surface area (Å²) in [4.78, 5) is 2.20. The molecule has 3 heteroatoms. The summed E-state index contributed by atoms with van der Waals surface area (Å²) in [6, 6.07) is 17.0. The number of halogens is 1. The van der Waals surface area contributed by atoms with E-state index in [0.29, 0.717) is 0 Å². The molecule has 2 unspecified atom stereocenters. The van der Waals surface area contributed by atoms with E-state index in [1.165, 1.54) is 17.7 Å². The predicted molar refractivity (Wildman–Crippen MR) is 80.7 cm³/mol. The van der Waals surface area contributed by atoms with Gasteiger partial charge >= 0.3 is 0 Å². The number of nitrogens with zero attached hydrogens (tertiary/aromatic N) is 1. The molecule has 0 spiro atoms. The Labute approximate surface area is 120 Å². The summed E-state index contributed by atoms with van der Waals surface area (Å²) in [5.41, 5.74) is 8.43. The van der Waals surface area contributed by atoms with Crippen LogP contribution < -0.4 is 5.73 Å². The summed E-state index contributed by atoms with van der Waals surface area (Å²) in [6.45, 7) is 2.75. The van der Waals surface area contributed by atoms with Gasteiger partial charge in [0.25, 0.3) is 0 Å². The minimum Gasteiger partial charge on any atom is -0.326 e. The molecule has 20 heavy (non-hydrogen) atoms. The van der Waals surface area contributed by atoms with Gasteiger partial charge < -0.3 is 5.73 Å². The Morgan fingerprint density at radius 1 is 1.05 bits per heavy atom. The van der Waals surface area contributed by atoms with E-state index in [9.17, 15) is 4.39 Å². The van der Waals surface area contributed by atoms with Gasteiger partial charge in [-0.1, -0.05) is 42.5 Å². The lowest BCUT2D eigenvalue weighted by Crippen LogP contribution is -2.36. The molecule has 0 radical (unpaired) electrons. The molecule has 0 aliphatic rings. The summed E-state index contributed by atoms with van der Waals surface area (Å²) in [7, 11) is 2.05. The molecule has 2 atom stereocenters. The van der Waals surface area contributed by atoms with Gasteiger partial charge in [-0.3, -0.25) is 4.90 Å². The van der Waals surface area contributed by atoms with Crippen LogP contribution in [0.1, 0.15) is 24.1 Å². The SMILES string of the molecule is CC(N)C(c1ccccc1)N(C)Cc1ccc(F)cc1. The van der Waals surface area contributed by atoms with Crippen molar-refractivity contribution in [2.24, 2.45) is 5.73 Å². The van der Waals surface area contributed by atoms with Crippen LogP contribution in [0.25, 0.3) is 0 Å². The first kappa shape index (κ1) is 14.7. The molecule has 2 nitrogen and oxygen atoms in total. The van der Waals surface area contributed by atoms with Crippen molar-refractivity contribution in [2.75, 3.05) is 7.05 Å². The Bertz CT molecular complexity index is 522.